The van der Waals surface area contributed by atoms with E-state index in [2.05, 4.69) is 4.40 Å². The summed E-state index contributed by atoms with van der Waals surface area (Å²) in [6.45, 7) is 8.68. The Morgan fingerprint density at radius 1 is 1.17 bits per heavy atom. The maximum absolute atomic E-state index is 13.3. The molecular formula is C16H27F2NO3S. The molecule has 0 aromatic heterocycles. The average Bonchev–Trinajstić information content (AvgIpc) is 2.42. The van der Waals surface area contributed by atoms with Gasteiger partial charge in [0.05, 0.1) is 12.0 Å². The first-order valence-corrected chi connectivity index (χ1v) is 9.12. The molecule has 0 saturated heterocycles. The van der Waals surface area contributed by atoms with Crippen molar-refractivity contribution in [3.8, 4) is 0 Å². The molecule has 0 aliphatic heterocycles. The molecule has 1 rings (SSSR count). The molecule has 0 radical (unpaired) electrons. The largest absolute Gasteiger partial charge is 0.591 e. The summed E-state index contributed by atoms with van der Waals surface area (Å²) in [7, 11) is 0. The Bertz CT molecular complexity index is 428. The SMILES string of the molecule is CC(C)OC(=O)C1CCC(C(=N[S+]([O-])C(C)(C)C)C(F)F)CC1. The molecule has 1 saturated carbocycles. The maximum atomic E-state index is 13.3. The van der Waals surface area contributed by atoms with Crippen LogP contribution in [0.4, 0.5) is 8.78 Å². The number of rotatable bonds is 5. The first-order valence-electron chi connectivity index (χ1n) is 8.01. The second-order valence-corrected chi connectivity index (χ2v) is 9.12. The molecule has 1 aliphatic rings. The second-order valence-electron chi connectivity index (χ2n) is 7.21. The Hall–Kier alpha value is -0.690. The van der Waals surface area contributed by atoms with E-state index in [0.29, 0.717) is 25.7 Å². The number of alkyl halides is 2. The summed E-state index contributed by atoms with van der Waals surface area (Å²) < 4.78 is 47.0. The molecule has 1 aliphatic carbocycles. The van der Waals surface area contributed by atoms with E-state index in [-0.39, 0.29) is 23.7 Å². The molecule has 1 fully saturated rings. The number of nitrogens with zero attached hydrogens (tertiary/aromatic N) is 1. The van der Waals surface area contributed by atoms with Gasteiger partial charge in [0.15, 0.2) is 0 Å². The van der Waals surface area contributed by atoms with Gasteiger partial charge in [-0.3, -0.25) is 4.79 Å². The lowest BCUT2D eigenvalue weighted by atomic mass is 9.80. The van der Waals surface area contributed by atoms with Crippen LogP contribution in [0.25, 0.3) is 0 Å². The van der Waals surface area contributed by atoms with Crippen LogP contribution >= 0.6 is 0 Å². The summed E-state index contributed by atoms with van der Waals surface area (Å²) in [5, 5.41) is 0. The molecule has 0 spiro atoms. The van der Waals surface area contributed by atoms with Crippen molar-refractivity contribution in [2.75, 3.05) is 0 Å². The number of ether oxygens (including phenoxy) is 1. The fraction of sp³-hybridized carbons (Fsp3) is 0.875. The van der Waals surface area contributed by atoms with Crippen molar-refractivity contribution in [1.29, 1.82) is 0 Å². The van der Waals surface area contributed by atoms with Crippen molar-refractivity contribution in [3.63, 3.8) is 0 Å². The van der Waals surface area contributed by atoms with E-state index in [1.807, 2.05) is 0 Å². The molecule has 0 bridgehead atoms. The van der Waals surface area contributed by atoms with Gasteiger partial charge in [0, 0.05) is 5.92 Å². The van der Waals surface area contributed by atoms with Crippen LogP contribution in [0.2, 0.25) is 0 Å². The van der Waals surface area contributed by atoms with Gasteiger partial charge in [-0.05, 0) is 60.3 Å². The van der Waals surface area contributed by atoms with Gasteiger partial charge < -0.3 is 9.29 Å². The topological polar surface area (TPSA) is 61.7 Å². The van der Waals surface area contributed by atoms with Crippen LogP contribution in [0.1, 0.15) is 60.3 Å². The van der Waals surface area contributed by atoms with Gasteiger partial charge in [0.1, 0.15) is 21.8 Å². The van der Waals surface area contributed by atoms with Crippen molar-refractivity contribution in [3.05, 3.63) is 0 Å². The number of hydrogen-bond acceptors (Lipinski definition) is 4. The third-order valence-electron chi connectivity index (χ3n) is 3.77. The highest BCUT2D eigenvalue weighted by Gasteiger charge is 2.36. The van der Waals surface area contributed by atoms with Gasteiger partial charge in [0.2, 0.25) is 0 Å². The monoisotopic (exact) mass is 351 g/mol. The molecule has 1 atom stereocenters. The Balaban J connectivity index is 2.72. The minimum atomic E-state index is -2.72. The van der Waals surface area contributed by atoms with Crippen LogP contribution in [0.3, 0.4) is 0 Å². The minimum absolute atomic E-state index is 0.174. The second kappa shape index (κ2) is 8.42. The Morgan fingerprint density at radius 3 is 2.04 bits per heavy atom. The maximum Gasteiger partial charge on any atom is 0.309 e. The van der Waals surface area contributed by atoms with Gasteiger partial charge in [0.25, 0.3) is 6.43 Å². The van der Waals surface area contributed by atoms with E-state index in [4.69, 9.17) is 4.74 Å². The standard InChI is InChI=1S/C16H27F2NO3S/c1-10(2)22-15(20)12-8-6-11(7-9-12)13(14(17)18)19-23(21)16(3,4)5/h10-12,14H,6-9H2,1-5H3. The third-order valence-corrected chi connectivity index (χ3v) is 5.19. The zero-order valence-electron chi connectivity index (χ0n) is 14.5. The lowest BCUT2D eigenvalue weighted by molar-refractivity contribution is -0.153. The predicted molar refractivity (Wildman–Crippen MR) is 88.0 cm³/mol. The van der Waals surface area contributed by atoms with E-state index >= 15 is 0 Å². The van der Waals surface area contributed by atoms with E-state index in [9.17, 15) is 18.1 Å². The molecule has 4 nitrogen and oxygen atoms in total. The van der Waals surface area contributed by atoms with Crippen LogP contribution in [-0.2, 0) is 20.9 Å². The highest BCUT2D eigenvalue weighted by Crippen LogP contribution is 2.33. The van der Waals surface area contributed by atoms with Gasteiger partial charge >= 0.3 is 5.97 Å². The van der Waals surface area contributed by atoms with Crippen molar-refractivity contribution in [1.82, 2.24) is 0 Å². The predicted octanol–water partition coefficient (Wildman–Crippen LogP) is 3.91. The van der Waals surface area contributed by atoms with Crippen LogP contribution in [0, 0.1) is 11.8 Å². The zero-order valence-corrected chi connectivity index (χ0v) is 15.3. The van der Waals surface area contributed by atoms with Crippen molar-refractivity contribution < 1.29 is 22.9 Å². The Kier molecular flexibility index (Phi) is 7.45. The summed E-state index contributed by atoms with van der Waals surface area (Å²) in [5.41, 5.74) is -0.283. The quantitative estimate of drug-likeness (QED) is 0.428. The fourth-order valence-electron chi connectivity index (χ4n) is 2.48. The van der Waals surface area contributed by atoms with Crippen molar-refractivity contribution in [2.45, 2.75) is 77.6 Å². The molecule has 0 aromatic rings. The fourth-order valence-corrected chi connectivity index (χ4v) is 3.17. The van der Waals surface area contributed by atoms with Crippen LogP contribution in [-0.4, -0.2) is 33.5 Å². The van der Waals surface area contributed by atoms with E-state index in [0.717, 1.165) is 0 Å². The third kappa shape index (κ3) is 6.37. The van der Waals surface area contributed by atoms with Gasteiger partial charge in [-0.25, -0.2) is 8.78 Å². The summed E-state index contributed by atoms with van der Waals surface area (Å²) in [6, 6.07) is 0. The molecule has 0 heterocycles. The normalized spacial score (nSPS) is 24.9. The van der Waals surface area contributed by atoms with Crippen LogP contribution < -0.4 is 0 Å². The molecule has 23 heavy (non-hydrogen) atoms. The van der Waals surface area contributed by atoms with Crippen LogP contribution in [0.15, 0.2) is 4.40 Å². The number of carbonyl (C=O) groups excluding carboxylic acids is 1. The minimum Gasteiger partial charge on any atom is -0.591 e. The average molecular weight is 351 g/mol. The molecule has 134 valence electrons. The van der Waals surface area contributed by atoms with E-state index in [1.54, 1.807) is 34.6 Å². The van der Waals surface area contributed by atoms with E-state index in [1.165, 1.54) is 0 Å². The zero-order chi connectivity index (χ0) is 17.8. The first kappa shape index (κ1) is 20.4. The summed E-state index contributed by atoms with van der Waals surface area (Å²) in [6.07, 6.45) is -0.989. The molecule has 1 unspecified atom stereocenters. The lowest BCUT2D eigenvalue weighted by Crippen LogP contribution is -2.33. The number of esters is 1. The summed E-state index contributed by atoms with van der Waals surface area (Å²) in [5.74, 6) is -0.905. The summed E-state index contributed by atoms with van der Waals surface area (Å²) in [4.78, 5) is 11.9. The van der Waals surface area contributed by atoms with E-state index < -0.39 is 28.5 Å². The van der Waals surface area contributed by atoms with Gasteiger partial charge in [-0.2, -0.15) is 0 Å². The smallest absolute Gasteiger partial charge is 0.309 e. The first-order chi connectivity index (χ1) is 10.5. The highest BCUT2D eigenvalue weighted by molar-refractivity contribution is 7.91. The molecule has 0 N–H and O–H groups in total. The number of halogens is 2. The van der Waals surface area contributed by atoms with Crippen molar-refractivity contribution >= 4 is 23.0 Å². The molecule has 7 heteroatoms. The van der Waals surface area contributed by atoms with Crippen molar-refractivity contribution in [2.24, 2.45) is 16.2 Å². The van der Waals surface area contributed by atoms with Gasteiger partial charge in [-0.15, -0.1) is 0 Å². The Morgan fingerprint density at radius 2 is 1.65 bits per heavy atom. The van der Waals surface area contributed by atoms with Crippen LogP contribution in [0.5, 0.6) is 0 Å². The highest BCUT2D eigenvalue weighted by atomic mass is 32.2. The summed E-state index contributed by atoms with van der Waals surface area (Å²) >= 11 is -1.70. The molecule has 0 amide bonds. The molecular weight excluding hydrogens is 324 g/mol. The number of hydrogen-bond donors (Lipinski definition) is 0. The van der Waals surface area contributed by atoms with Gasteiger partial charge in [-0.1, -0.05) is 4.40 Å². The number of carbonyl (C=O) groups is 1. The molecule has 0 aromatic carbocycles. The Labute approximate surface area is 140 Å². The lowest BCUT2D eigenvalue weighted by Gasteiger charge is -2.28.